The number of nitrogens with zero attached hydrogens (tertiary/aromatic N) is 2. The number of morpholine rings is 1. The summed E-state index contributed by atoms with van der Waals surface area (Å²) in [6.45, 7) is 12.6. The Morgan fingerprint density at radius 2 is 1.85 bits per heavy atom. The third kappa shape index (κ3) is 5.35. The number of aromatic nitrogens is 1. The molecule has 3 heterocycles. The summed E-state index contributed by atoms with van der Waals surface area (Å²) in [5.41, 5.74) is 9.36. The molecule has 1 aromatic heterocycles. The SMILES string of the molecule is C=C(C1=Cc2ccccc2-c2c(C3CCCCC3)c3ccc(C(=O)NSNC(C)C)cc3n2C1)N1CCOCC1. The summed E-state index contributed by atoms with van der Waals surface area (Å²) in [5, 5.41) is 1.28. The highest BCUT2D eigenvalue weighted by Gasteiger charge is 2.30. The molecule has 2 fully saturated rings. The van der Waals surface area contributed by atoms with E-state index in [1.165, 1.54) is 77.6 Å². The van der Waals surface area contributed by atoms with Gasteiger partial charge in [0, 0.05) is 59.0 Å². The van der Waals surface area contributed by atoms with Crippen molar-refractivity contribution in [1.82, 2.24) is 18.9 Å². The molecule has 0 bridgehead atoms. The molecular weight excluding hydrogens is 516 g/mol. The van der Waals surface area contributed by atoms with Gasteiger partial charge in [-0.25, -0.2) is 4.72 Å². The Morgan fingerprint density at radius 3 is 2.62 bits per heavy atom. The van der Waals surface area contributed by atoms with Crippen LogP contribution in [0, 0.1) is 0 Å². The van der Waals surface area contributed by atoms with Gasteiger partial charge in [0.15, 0.2) is 0 Å². The van der Waals surface area contributed by atoms with Gasteiger partial charge < -0.3 is 14.2 Å². The minimum absolute atomic E-state index is 0.0858. The molecule has 1 amide bonds. The van der Waals surface area contributed by atoms with Gasteiger partial charge in [0.2, 0.25) is 0 Å². The zero-order chi connectivity index (χ0) is 27.6. The van der Waals surface area contributed by atoms with E-state index in [2.05, 4.69) is 81.8 Å². The fourth-order valence-electron chi connectivity index (χ4n) is 6.48. The fraction of sp³-hybridized carbons (Fsp3) is 0.424. The van der Waals surface area contributed by atoms with E-state index < -0.39 is 0 Å². The van der Waals surface area contributed by atoms with Gasteiger partial charge in [-0.2, -0.15) is 0 Å². The summed E-state index contributed by atoms with van der Waals surface area (Å²) in [6, 6.07) is 15.3. The maximum atomic E-state index is 13.2. The van der Waals surface area contributed by atoms with Gasteiger partial charge >= 0.3 is 0 Å². The average Bonchev–Trinajstić information content (AvgIpc) is 3.19. The van der Waals surface area contributed by atoms with E-state index in [1.54, 1.807) is 0 Å². The van der Waals surface area contributed by atoms with Crippen LogP contribution in [0.5, 0.6) is 0 Å². The predicted octanol–water partition coefficient (Wildman–Crippen LogP) is 6.89. The molecule has 1 saturated carbocycles. The van der Waals surface area contributed by atoms with E-state index in [9.17, 15) is 4.79 Å². The van der Waals surface area contributed by atoms with Gasteiger partial charge in [0.25, 0.3) is 5.91 Å². The largest absolute Gasteiger partial charge is 0.378 e. The Balaban J connectivity index is 1.49. The summed E-state index contributed by atoms with van der Waals surface area (Å²) in [4.78, 5) is 15.5. The summed E-state index contributed by atoms with van der Waals surface area (Å²) in [6.07, 6.45) is 8.64. The number of carbonyl (C=O) groups is 1. The van der Waals surface area contributed by atoms with Gasteiger partial charge in [-0.15, -0.1) is 0 Å². The molecule has 40 heavy (non-hydrogen) atoms. The molecule has 0 spiro atoms. The number of nitrogens with one attached hydrogen (secondary N) is 2. The standard InChI is InChI=1S/C33H40N4O2S/c1-22(2)34-40-35-33(38)26-13-14-29-30(20-26)37-21-27(23(3)36-15-17-39-18-16-36)19-25-11-7-8-12-28(25)32(37)31(29)24-9-5-4-6-10-24/h7-8,11-14,19-20,22,24,34H,3-6,9-10,15-18,21H2,1-2H3,(H,35,38). The Morgan fingerprint density at radius 1 is 1.07 bits per heavy atom. The van der Waals surface area contributed by atoms with Crippen molar-refractivity contribution in [3.05, 3.63) is 77.0 Å². The van der Waals surface area contributed by atoms with Crippen LogP contribution in [0.2, 0.25) is 0 Å². The molecule has 2 aromatic carbocycles. The zero-order valence-corrected chi connectivity index (χ0v) is 24.5. The van der Waals surface area contributed by atoms with E-state index in [1.807, 2.05) is 6.07 Å². The van der Waals surface area contributed by atoms with Gasteiger partial charge in [-0.05, 0) is 67.5 Å². The third-order valence-electron chi connectivity index (χ3n) is 8.46. The second-order valence-corrected chi connectivity index (χ2v) is 12.2. The summed E-state index contributed by atoms with van der Waals surface area (Å²) in [7, 11) is 0. The van der Waals surface area contributed by atoms with Gasteiger partial charge in [0.05, 0.1) is 25.5 Å². The molecule has 3 aromatic rings. The quantitative estimate of drug-likeness (QED) is 0.310. The Labute approximate surface area is 242 Å². The molecule has 0 unspecified atom stereocenters. The lowest BCUT2D eigenvalue weighted by atomic mass is 9.81. The molecule has 6 rings (SSSR count). The van der Waals surface area contributed by atoms with Gasteiger partial charge in [-0.3, -0.25) is 9.52 Å². The maximum Gasteiger partial charge on any atom is 0.262 e. The van der Waals surface area contributed by atoms with Crippen LogP contribution in [0.1, 0.15) is 73.4 Å². The van der Waals surface area contributed by atoms with E-state index in [0.29, 0.717) is 11.5 Å². The minimum atomic E-state index is -0.0858. The summed E-state index contributed by atoms with van der Waals surface area (Å²) in [5.74, 6) is 0.437. The molecular formula is C33H40N4O2S. The molecule has 1 aliphatic carbocycles. The molecule has 2 N–H and O–H groups in total. The van der Waals surface area contributed by atoms with Crippen LogP contribution in [0.4, 0.5) is 0 Å². The van der Waals surface area contributed by atoms with Crippen molar-refractivity contribution in [2.75, 3.05) is 26.3 Å². The first-order valence-electron chi connectivity index (χ1n) is 14.7. The van der Waals surface area contributed by atoms with Gasteiger partial charge in [-0.1, -0.05) is 56.2 Å². The van der Waals surface area contributed by atoms with Crippen molar-refractivity contribution in [3.8, 4) is 11.3 Å². The lowest BCUT2D eigenvalue weighted by Gasteiger charge is -2.31. The van der Waals surface area contributed by atoms with Crippen LogP contribution in [0.3, 0.4) is 0 Å². The lowest BCUT2D eigenvalue weighted by Crippen LogP contribution is -2.36. The average molecular weight is 557 g/mol. The van der Waals surface area contributed by atoms with Crippen LogP contribution in [0.15, 0.2) is 60.3 Å². The van der Waals surface area contributed by atoms with Gasteiger partial charge in [0.1, 0.15) is 0 Å². The van der Waals surface area contributed by atoms with Crippen LogP contribution in [0.25, 0.3) is 28.2 Å². The zero-order valence-electron chi connectivity index (χ0n) is 23.7. The highest BCUT2D eigenvalue weighted by molar-refractivity contribution is 7.96. The monoisotopic (exact) mass is 556 g/mol. The van der Waals surface area contributed by atoms with E-state index in [-0.39, 0.29) is 11.9 Å². The molecule has 1 saturated heterocycles. The highest BCUT2D eigenvalue weighted by atomic mass is 32.2. The first-order valence-corrected chi connectivity index (χ1v) is 15.5. The number of benzene rings is 2. The van der Waals surface area contributed by atoms with Crippen LogP contribution in [-0.2, 0) is 11.3 Å². The van der Waals surface area contributed by atoms with Crippen molar-refractivity contribution in [1.29, 1.82) is 0 Å². The molecule has 2 aliphatic heterocycles. The fourth-order valence-corrected chi connectivity index (χ4v) is 6.99. The summed E-state index contributed by atoms with van der Waals surface area (Å²) >= 11 is 1.25. The first kappa shape index (κ1) is 27.2. The molecule has 6 nitrogen and oxygen atoms in total. The number of hydrogen-bond donors (Lipinski definition) is 2. The van der Waals surface area contributed by atoms with Crippen molar-refractivity contribution in [2.24, 2.45) is 0 Å². The molecule has 0 atom stereocenters. The minimum Gasteiger partial charge on any atom is -0.378 e. The molecule has 210 valence electrons. The van der Waals surface area contributed by atoms with Crippen molar-refractivity contribution in [2.45, 2.75) is 64.5 Å². The number of rotatable bonds is 7. The van der Waals surface area contributed by atoms with Crippen molar-refractivity contribution >= 4 is 35.0 Å². The topological polar surface area (TPSA) is 58.5 Å². The lowest BCUT2D eigenvalue weighted by molar-refractivity contribution is 0.0548. The Hall–Kier alpha value is -3.00. The normalized spacial score (nSPS) is 17.8. The number of ether oxygens (including phenoxy) is 1. The summed E-state index contributed by atoms with van der Waals surface area (Å²) < 4.78 is 14.3. The number of hydrogen-bond acceptors (Lipinski definition) is 5. The van der Waals surface area contributed by atoms with Crippen LogP contribution < -0.4 is 9.44 Å². The number of allylic oxidation sites excluding steroid dienone is 1. The second-order valence-electron chi connectivity index (χ2n) is 11.5. The van der Waals surface area contributed by atoms with Crippen LogP contribution in [-0.4, -0.2) is 47.7 Å². The highest BCUT2D eigenvalue weighted by Crippen LogP contribution is 2.47. The van der Waals surface area contributed by atoms with Crippen LogP contribution >= 0.6 is 12.1 Å². The van der Waals surface area contributed by atoms with E-state index in [0.717, 1.165) is 44.1 Å². The Kier molecular flexibility index (Phi) is 8.05. The molecule has 0 radical (unpaired) electrons. The molecule has 3 aliphatic rings. The second kappa shape index (κ2) is 11.9. The first-order chi connectivity index (χ1) is 19.5. The number of fused-ring (bicyclic) bond motifs is 5. The van der Waals surface area contributed by atoms with E-state index >= 15 is 0 Å². The van der Waals surface area contributed by atoms with E-state index in [4.69, 9.17) is 4.74 Å². The Bertz CT molecular complexity index is 1440. The number of carbonyl (C=O) groups excluding carboxylic acids is 1. The van der Waals surface area contributed by atoms with Crippen molar-refractivity contribution in [3.63, 3.8) is 0 Å². The molecule has 7 heteroatoms. The smallest absolute Gasteiger partial charge is 0.262 e. The third-order valence-corrected chi connectivity index (χ3v) is 9.33. The predicted molar refractivity (Wildman–Crippen MR) is 166 cm³/mol. The number of amides is 1. The van der Waals surface area contributed by atoms with Crippen molar-refractivity contribution < 1.29 is 9.53 Å². The maximum absolute atomic E-state index is 13.2.